The van der Waals surface area contributed by atoms with Crippen molar-refractivity contribution in [2.24, 2.45) is 21.6 Å². The van der Waals surface area contributed by atoms with Crippen LogP contribution in [0.5, 0.6) is 0 Å². The van der Waals surface area contributed by atoms with Gasteiger partial charge in [-0.05, 0) is 25.2 Å². The molecule has 0 aromatic heterocycles. The Morgan fingerprint density at radius 2 is 2.17 bits per heavy atom. The Labute approximate surface area is 110 Å². The second-order valence-electron chi connectivity index (χ2n) is 4.75. The molecule has 1 fully saturated rings. The van der Waals surface area contributed by atoms with E-state index in [1.54, 1.807) is 7.05 Å². The zero-order chi connectivity index (χ0) is 13.4. The van der Waals surface area contributed by atoms with Gasteiger partial charge in [-0.3, -0.25) is 4.99 Å². The van der Waals surface area contributed by atoms with E-state index in [0.29, 0.717) is 12.5 Å². The summed E-state index contributed by atoms with van der Waals surface area (Å²) in [6.45, 7) is 4.29. The minimum Gasteiger partial charge on any atom is -0.392 e. The van der Waals surface area contributed by atoms with Crippen LogP contribution < -0.4 is 5.73 Å². The van der Waals surface area contributed by atoms with Gasteiger partial charge in [0.15, 0.2) is 0 Å². The number of unbranched alkanes of at least 4 members (excludes halogenated alkanes) is 1. The van der Waals surface area contributed by atoms with Crippen molar-refractivity contribution in [3.63, 3.8) is 0 Å². The van der Waals surface area contributed by atoms with Crippen LogP contribution in [0.2, 0.25) is 0 Å². The molecule has 0 aromatic rings. The first kappa shape index (κ1) is 15.1. The normalized spacial score (nSPS) is 20.7. The fourth-order valence-electron chi connectivity index (χ4n) is 2.23. The quantitative estimate of drug-likeness (QED) is 0.577. The van der Waals surface area contributed by atoms with Gasteiger partial charge in [-0.15, -0.1) is 0 Å². The largest absolute Gasteiger partial charge is 0.392 e. The predicted octanol–water partition coefficient (Wildman–Crippen LogP) is 0.875. The average Bonchev–Trinajstić information content (AvgIpc) is 2.43. The topological polar surface area (TPSA) is 74.2 Å². The average molecular weight is 254 g/mol. The fraction of sp³-hybridized carbons (Fsp3) is 0.846. The van der Waals surface area contributed by atoms with Gasteiger partial charge < -0.3 is 15.7 Å². The van der Waals surface area contributed by atoms with Gasteiger partial charge in [0, 0.05) is 32.9 Å². The third kappa shape index (κ3) is 4.38. The monoisotopic (exact) mass is 254 g/mol. The van der Waals surface area contributed by atoms with E-state index in [-0.39, 0.29) is 6.10 Å². The van der Waals surface area contributed by atoms with Gasteiger partial charge >= 0.3 is 0 Å². The summed E-state index contributed by atoms with van der Waals surface area (Å²) in [6.07, 6.45) is 5.58. The summed E-state index contributed by atoms with van der Waals surface area (Å²) in [7, 11) is 1.78. The summed E-state index contributed by atoms with van der Waals surface area (Å²) in [5.74, 6) is 1.13. The van der Waals surface area contributed by atoms with E-state index < -0.39 is 0 Å². The Kier molecular flexibility index (Phi) is 6.90. The van der Waals surface area contributed by atoms with Gasteiger partial charge in [-0.25, -0.2) is 4.99 Å². The van der Waals surface area contributed by atoms with Gasteiger partial charge in [0.05, 0.1) is 6.10 Å². The van der Waals surface area contributed by atoms with E-state index in [1.807, 2.05) is 6.21 Å². The van der Waals surface area contributed by atoms with E-state index in [9.17, 15) is 5.11 Å². The molecular weight excluding hydrogens is 228 g/mol. The van der Waals surface area contributed by atoms with Crippen LogP contribution in [0.3, 0.4) is 0 Å². The van der Waals surface area contributed by atoms with Crippen LogP contribution in [-0.4, -0.2) is 55.0 Å². The van der Waals surface area contributed by atoms with Gasteiger partial charge in [-0.1, -0.05) is 13.3 Å². The van der Waals surface area contributed by atoms with Crippen LogP contribution in [0.15, 0.2) is 9.98 Å². The second-order valence-corrected chi connectivity index (χ2v) is 4.75. The summed E-state index contributed by atoms with van der Waals surface area (Å²) in [5.41, 5.74) is 5.49. The minimum absolute atomic E-state index is 0.323. The number of piperidine rings is 1. The highest BCUT2D eigenvalue weighted by atomic mass is 16.3. The van der Waals surface area contributed by atoms with Gasteiger partial charge in [0.1, 0.15) is 0 Å². The molecule has 1 unspecified atom stereocenters. The third-order valence-electron chi connectivity index (χ3n) is 3.43. The van der Waals surface area contributed by atoms with Crippen molar-refractivity contribution < 1.29 is 5.11 Å². The van der Waals surface area contributed by atoms with Gasteiger partial charge in [-0.2, -0.15) is 0 Å². The smallest absolute Gasteiger partial charge is 0.219 e. The van der Waals surface area contributed by atoms with Crippen molar-refractivity contribution in [1.82, 2.24) is 4.90 Å². The standard InChI is InChI=1S/C13H26N4O/c1-3-4-7-16-13(15-2)17-8-5-11(6-9-17)12(18)10-14/h7,11-12,18H,3-6,8-10,14H2,1-2H3/b15-13?,16-7-. The van der Waals surface area contributed by atoms with E-state index >= 15 is 0 Å². The number of likely N-dealkylation sites (tertiary alicyclic amines) is 1. The van der Waals surface area contributed by atoms with Crippen LogP contribution in [0.1, 0.15) is 32.6 Å². The molecule has 0 saturated carbocycles. The highest BCUT2D eigenvalue weighted by Crippen LogP contribution is 2.20. The number of hydrogen-bond acceptors (Lipinski definition) is 3. The third-order valence-corrected chi connectivity index (χ3v) is 3.43. The van der Waals surface area contributed by atoms with Crippen LogP contribution in [-0.2, 0) is 0 Å². The molecule has 0 bridgehead atoms. The van der Waals surface area contributed by atoms with Gasteiger partial charge in [0.2, 0.25) is 5.96 Å². The van der Waals surface area contributed by atoms with Crippen molar-refractivity contribution in [2.75, 3.05) is 26.7 Å². The predicted molar refractivity (Wildman–Crippen MR) is 76.1 cm³/mol. The molecule has 18 heavy (non-hydrogen) atoms. The lowest BCUT2D eigenvalue weighted by Gasteiger charge is -2.34. The molecule has 1 aliphatic rings. The lowest BCUT2D eigenvalue weighted by Crippen LogP contribution is -2.42. The minimum atomic E-state index is -0.363. The first-order valence-electron chi connectivity index (χ1n) is 6.85. The molecule has 0 spiro atoms. The number of aliphatic hydroxyl groups excluding tert-OH is 1. The molecule has 1 aliphatic heterocycles. The molecule has 3 N–H and O–H groups in total. The van der Waals surface area contributed by atoms with E-state index in [1.165, 1.54) is 0 Å². The molecule has 0 amide bonds. The number of nitrogens with two attached hydrogens (primary N) is 1. The molecule has 5 nitrogen and oxygen atoms in total. The van der Waals surface area contributed by atoms with Crippen molar-refractivity contribution in [1.29, 1.82) is 0 Å². The maximum Gasteiger partial charge on any atom is 0.219 e. The van der Waals surface area contributed by atoms with Crippen LogP contribution in [0.4, 0.5) is 0 Å². The van der Waals surface area contributed by atoms with Crippen LogP contribution >= 0.6 is 0 Å². The molecule has 1 heterocycles. The first-order chi connectivity index (χ1) is 8.72. The van der Waals surface area contributed by atoms with Crippen molar-refractivity contribution in [3.05, 3.63) is 0 Å². The fourth-order valence-corrected chi connectivity index (χ4v) is 2.23. The molecule has 104 valence electrons. The second kappa shape index (κ2) is 8.21. The molecule has 0 aromatic carbocycles. The first-order valence-corrected chi connectivity index (χ1v) is 6.85. The highest BCUT2D eigenvalue weighted by Gasteiger charge is 2.25. The Balaban J connectivity index is 2.45. The Hall–Kier alpha value is -0.940. The Bertz CT molecular complexity index is 283. The lowest BCUT2D eigenvalue weighted by molar-refractivity contribution is 0.0807. The number of guanidine groups is 1. The summed E-state index contributed by atoms with van der Waals surface area (Å²) < 4.78 is 0. The molecule has 1 saturated heterocycles. The summed E-state index contributed by atoms with van der Waals surface area (Å²) in [5, 5.41) is 9.73. The molecule has 5 heteroatoms. The summed E-state index contributed by atoms with van der Waals surface area (Å²) in [4.78, 5) is 10.8. The number of rotatable bonds is 4. The maximum atomic E-state index is 9.73. The molecule has 0 radical (unpaired) electrons. The molecule has 1 atom stereocenters. The van der Waals surface area contributed by atoms with E-state index in [0.717, 1.165) is 44.7 Å². The Morgan fingerprint density at radius 1 is 1.50 bits per heavy atom. The van der Waals surface area contributed by atoms with E-state index in [2.05, 4.69) is 21.8 Å². The van der Waals surface area contributed by atoms with Crippen molar-refractivity contribution >= 4 is 12.2 Å². The zero-order valence-corrected chi connectivity index (χ0v) is 11.5. The molecule has 1 rings (SSSR count). The molecule has 0 aliphatic carbocycles. The Morgan fingerprint density at radius 3 is 2.67 bits per heavy atom. The maximum absolute atomic E-state index is 9.73. The number of aliphatic imine (C=N–C) groups is 2. The number of aliphatic hydroxyl groups is 1. The van der Waals surface area contributed by atoms with Crippen molar-refractivity contribution in [3.8, 4) is 0 Å². The van der Waals surface area contributed by atoms with Crippen molar-refractivity contribution in [2.45, 2.75) is 38.7 Å². The van der Waals surface area contributed by atoms with Gasteiger partial charge in [0.25, 0.3) is 0 Å². The number of hydrogen-bond donors (Lipinski definition) is 2. The van der Waals surface area contributed by atoms with E-state index in [4.69, 9.17) is 5.73 Å². The molecular formula is C13H26N4O. The summed E-state index contributed by atoms with van der Waals surface area (Å²) >= 11 is 0. The van der Waals surface area contributed by atoms with Crippen LogP contribution in [0.25, 0.3) is 0 Å². The number of nitrogens with zero attached hydrogens (tertiary/aromatic N) is 3. The lowest BCUT2D eigenvalue weighted by atomic mass is 9.91. The highest BCUT2D eigenvalue weighted by molar-refractivity contribution is 5.87. The SMILES string of the molecule is CCC/C=N\C(=NC)N1CCC(C(O)CN)CC1. The van der Waals surface area contributed by atoms with Crippen LogP contribution in [0, 0.1) is 5.92 Å². The summed E-state index contributed by atoms with van der Waals surface area (Å²) in [6, 6.07) is 0. The zero-order valence-electron chi connectivity index (χ0n) is 11.5.